The van der Waals surface area contributed by atoms with Crippen LogP contribution in [0.3, 0.4) is 0 Å². The molecule has 0 aliphatic rings. The minimum atomic E-state index is 0.510. The molecule has 5 nitrogen and oxygen atoms in total. The average Bonchev–Trinajstić information content (AvgIpc) is 2.80. The molecule has 0 amide bonds. The highest BCUT2D eigenvalue weighted by Gasteiger charge is 2.10. The molecular formula is C13H27N5. The second-order valence-corrected chi connectivity index (χ2v) is 4.61. The molecule has 5 heteroatoms. The van der Waals surface area contributed by atoms with Crippen LogP contribution >= 0.6 is 0 Å². The van der Waals surface area contributed by atoms with E-state index >= 15 is 0 Å². The van der Waals surface area contributed by atoms with E-state index in [0.717, 1.165) is 38.2 Å². The average molecular weight is 253 g/mol. The van der Waals surface area contributed by atoms with Gasteiger partial charge in [-0.3, -0.25) is 9.58 Å². The van der Waals surface area contributed by atoms with Gasteiger partial charge in [-0.2, -0.15) is 5.10 Å². The molecule has 1 aromatic heterocycles. The van der Waals surface area contributed by atoms with Crippen LogP contribution in [-0.4, -0.2) is 40.9 Å². The number of aromatic nitrogens is 2. The Labute approximate surface area is 110 Å². The van der Waals surface area contributed by atoms with Crippen molar-refractivity contribution < 1.29 is 0 Å². The van der Waals surface area contributed by atoms with Crippen molar-refractivity contribution in [3.8, 4) is 0 Å². The molecule has 1 heterocycles. The zero-order valence-electron chi connectivity index (χ0n) is 11.7. The Morgan fingerprint density at radius 1 is 1.22 bits per heavy atom. The molecule has 0 aliphatic heterocycles. The molecule has 0 radical (unpaired) electrons. The van der Waals surface area contributed by atoms with Gasteiger partial charge in [0.05, 0.1) is 11.7 Å². The molecule has 0 spiro atoms. The summed E-state index contributed by atoms with van der Waals surface area (Å²) in [6.45, 7) is 8.29. The van der Waals surface area contributed by atoms with Crippen LogP contribution in [0.4, 0.5) is 0 Å². The Bertz CT molecular complexity index is 313. The van der Waals surface area contributed by atoms with Gasteiger partial charge < -0.3 is 11.5 Å². The maximum Gasteiger partial charge on any atom is 0.0764 e. The summed E-state index contributed by atoms with van der Waals surface area (Å²) in [6.07, 6.45) is 4.32. The van der Waals surface area contributed by atoms with Crippen molar-refractivity contribution >= 4 is 0 Å². The summed E-state index contributed by atoms with van der Waals surface area (Å²) in [5, 5.41) is 4.65. The Morgan fingerprint density at radius 3 is 2.33 bits per heavy atom. The van der Waals surface area contributed by atoms with E-state index in [0.29, 0.717) is 19.1 Å². The van der Waals surface area contributed by atoms with Gasteiger partial charge in [0.2, 0.25) is 0 Å². The van der Waals surface area contributed by atoms with Crippen molar-refractivity contribution in [1.82, 2.24) is 14.7 Å². The Hall–Kier alpha value is -0.910. The van der Waals surface area contributed by atoms with Crippen LogP contribution in [-0.2, 0) is 6.54 Å². The first kappa shape index (κ1) is 15.1. The molecule has 104 valence electrons. The van der Waals surface area contributed by atoms with Crippen molar-refractivity contribution in [2.75, 3.05) is 26.2 Å². The summed E-state index contributed by atoms with van der Waals surface area (Å²) in [4.78, 5) is 2.25. The second-order valence-electron chi connectivity index (χ2n) is 4.61. The zero-order chi connectivity index (χ0) is 13.4. The number of rotatable bonds is 9. The monoisotopic (exact) mass is 253 g/mol. The lowest BCUT2D eigenvalue weighted by Crippen LogP contribution is -2.33. The van der Waals surface area contributed by atoms with Gasteiger partial charge in [-0.25, -0.2) is 0 Å². The number of nitrogens with two attached hydrogens (primary N) is 2. The maximum absolute atomic E-state index is 5.60. The standard InChI is InChI=1S/C13H27N5/c1-3-13(4-2)18-8-5-12(16-18)11-17(9-6-14)10-7-15/h5,8,13H,3-4,6-7,9-11,14-15H2,1-2H3. The fourth-order valence-electron chi connectivity index (χ4n) is 2.19. The summed E-state index contributed by atoms with van der Waals surface area (Å²) < 4.78 is 2.08. The van der Waals surface area contributed by atoms with E-state index in [4.69, 9.17) is 11.5 Å². The van der Waals surface area contributed by atoms with E-state index in [1.54, 1.807) is 0 Å². The molecule has 0 unspecified atom stereocenters. The van der Waals surface area contributed by atoms with Gasteiger partial charge in [0.15, 0.2) is 0 Å². The van der Waals surface area contributed by atoms with E-state index in [-0.39, 0.29) is 0 Å². The van der Waals surface area contributed by atoms with E-state index in [9.17, 15) is 0 Å². The van der Waals surface area contributed by atoms with Crippen molar-refractivity contribution in [2.24, 2.45) is 11.5 Å². The summed E-state index contributed by atoms with van der Waals surface area (Å²) in [5.41, 5.74) is 12.3. The molecule has 0 aliphatic carbocycles. The predicted molar refractivity (Wildman–Crippen MR) is 75.2 cm³/mol. The lowest BCUT2D eigenvalue weighted by atomic mass is 10.2. The fourth-order valence-corrected chi connectivity index (χ4v) is 2.19. The summed E-state index contributed by atoms with van der Waals surface area (Å²) in [6, 6.07) is 2.61. The minimum Gasteiger partial charge on any atom is -0.329 e. The SMILES string of the molecule is CCC(CC)n1ccc(CN(CCN)CCN)n1. The second kappa shape index (κ2) is 8.24. The van der Waals surface area contributed by atoms with E-state index in [1.807, 2.05) is 0 Å². The van der Waals surface area contributed by atoms with Crippen LogP contribution in [0.5, 0.6) is 0 Å². The highest BCUT2D eigenvalue weighted by atomic mass is 15.3. The highest BCUT2D eigenvalue weighted by Crippen LogP contribution is 2.14. The number of nitrogens with zero attached hydrogens (tertiary/aromatic N) is 3. The molecule has 0 fully saturated rings. The van der Waals surface area contributed by atoms with Crippen LogP contribution in [0.25, 0.3) is 0 Å². The molecule has 0 saturated heterocycles. The fraction of sp³-hybridized carbons (Fsp3) is 0.769. The largest absolute Gasteiger partial charge is 0.329 e. The normalized spacial score (nSPS) is 11.7. The highest BCUT2D eigenvalue weighted by molar-refractivity contribution is 4.99. The molecule has 0 atom stereocenters. The topological polar surface area (TPSA) is 73.1 Å². The van der Waals surface area contributed by atoms with Crippen LogP contribution in [0, 0.1) is 0 Å². The van der Waals surface area contributed by atoms with E-state index in [1.165, 1.54) is 0 Å². The molecule has 1 rings (SSSR count). The third-order valence-electron chi connectivity index (χ3n) is 3.26. The van der Waals surface area contributed by atoms with Gasteiger partial charge in [0.25, 0.3) is 0 Å². The van der Waals surface area contributed by atoms with Crippen LogP contribution in [0.15, 0.2) is 12.3 Å². The minimum absolute atomic E-state index is 0.510. The van der Waals surface area contributed by atoms with Gasteiger partial charge >= 0.3 is 0 Å². The quantitative estimate of drug-likeness (QED) is 0.687. The first-order chi connectivity index (χ1) is 8.74. The third-order valence-corrected chi connectivity index (χ3v) is 3.26. The summed E-state index contributed by atoms with van der Waals surface area (Å²) in [7, 11) is 0. The molecule has 1 aromatic rings. The Morgan fingerprint density at radius 2 is 1.83 bits per heavy atom. The van der Waals surface area contributed by atoms with Crippen molar-refractivity contribution in [1.29, 1.82) is 0 Å². The molecular weight excluding hydrogens is 226 g/mol. The molecule has 4 N–H and O–H groups in total. The first-order valence-electron chi connectivity index (χ1n) is 6.91. The van der Waals surface area contributed by atoms with E-state index < -0.39 is 0 Å². The van der Waals surface area contributed by atoms with Crippen LogP contribution < -0.4 is 11.5 Å². The Kier molecular flexibility index (Phi) is 6.93. The van der Waals surface area contributed by atoms with E-state index in [2.05, 4.69) is 40.8 Å². The molecule has 0 aromatic carbocycles. The van der Waals surface area contributed by atoms with Crippen LogP contribution in [0.1, 0.15) is 38.4 Å². The third kappa shape index (κ3) is 4.40. The van der Waals surface area contributed by atoms with Crippen molar-refractivity contribution in [2.45, 2.75) is 39.3 Å². The lowest BCUT2D eigenvalue weighted by molar-refractivity contribution is 0.275. The Balaban J connectivity index is 2.61. The molecule has 0 saturated carbocycles. The molecule has 18 heavy (non-hydrogen) atoms. The van der Waals surface area contributed by atoms with Gasteiger partial charge in [-0.05, 0) is 18.9 Å². The van der Waals surface area contributed by atoms with Crippen LogP contribution in [0.2, 0.25) is 0 Å². The predicted octanol–water partition coefficient (Wildman–Crippen LogP) is 0.964. The maximum atomic E-state index is 5.60. The number of hydrogen-bond donors (Lipinski definition) is 2. The van der Waals surface area contributed by atoms with Gasteiger partial charge in [0.1, 0.15) is 0 Å². The van der Waals surface area contributed by atoms with Crippen molar-refractivity contribution in [3.63, 3.8) is 0 Å². The van der Waals surface area contributed by atoms with Gasteiger partial charge in [-0.1, -0.05) is 13.8 Å². The van der Waals surface area contributed by atoms with Gasteiger partial charge in [-0.15, -0.1) is 0 Å². The van der Waals surface area contributed by atoms with Gasteiger partial charge in [0, 0.05) is 38.9 Å². The lowest BCUT2D eigenvalue weighted by Gasteiger charge is -2.19. The van der Waals surface area contributed by atoms with Crippen molar-refractivity contribution in [3.05, 3.63) is 18.0 Å². The zero-order valence-corrected chi connectivity index (χ0v) is 11.7. The summed E-state index contributed by atoms with van der Waals surface area (Å²) >= 11 is 0. The molecule has 0 bridgehead atoms. The smallest absolute Gasteiger partial charge is 0.0764 e. The summed E-state index contributed by atoms with van der Waals surface area (Å²) in [5.74, 6) is 0. The first-order valence-corrected chi connectivity index (χ1v) is 6.91. The number of hydrogen-bond acceptors (Lipinski definition) is 4.